The van der Waals surface area contributed by atoms with Crippen molar-refractivity contribution in [1.29, 1.82) is 0 Å². The van der Waals surface area contributed by atoms with Gasteiger partial charge in [0.15, 0.2) is 5.96 Å². The maximum Gasteiger partial charge on any atom is 0.213 e. The fourth-order valence-corrected chi connectivity index (χ4v) is 3.50. The van der Waals surface area contributed by atoms with Crippen molar-refractivity contribution in [1.82, 2.24) is 15.4 Å². The molecule has 160 valence electrons. The second-order valence-electron chi connectivity index (χ2n) is 7.14. The van der Waals surface area contributed by atoms with Gasteiger partial charge in [-0.3, -0.25) is 4.99 Å². The van der Waals surface area contributed by atoms with Gasteiger partial charge in [-0.05, 0) is 38.5 Å². The standard InChI is InChI=1S/C18H38N4O4S/c1-4-19-18(20-9-13-25-12-8-16(2)3)21-10-14-27(23,24)22-15-17-7-5-6-11-26-17/h16-17,22H,4-15H2,1-3H3,(H2,19,20,21). The van der Waals surface area contributed by atoms with Gasteiger partial charge in [-0.2, -0.15) is 0 Å². The van der Waals surface area contributed by atoms with Crippen LogP contribution in [0.15, 0.2) is 4.99 Å². The lowest BCUT2D eigenvalue weighted by atomic mass is 10.1. The lowest BCUT2D eigenvalue weighted by molar-refractivity contribution is 0.0200. The third-order valence-electron chi connectivity index (χ3n) is 4.16. The molecule has 8 nitrogen and oxygen atoms in total. The molecule has 9 heteroatoms. The molecule has 1 atom stereocenters. The van der Waals surface area contributed by atoms with Gasteiger partial charge in [0, 0.05) is 32.8 Å². The Morgan fingerprint density at radius 1 is 1.26 bits per heavy atom. The minimum Gasteiger partial charge on any atom is -0.380 e. The lowest BCUT2D eigenvalue weighted by Gasteiger charge is -2.22. The molecule has 0 aliphatic carbocycles. The van der Waals surface area contributed by atoms with E-state index < -0.39 is 10.0 Å². The lowest BCUT2D eigenvalue weighted by Crippen LogP contribution is -2.42. The van der Waals surface area contributed by atoms with Crippen molar-refractivity contribution in [2.24, 2.45) is 10.9 Å². The molecule has 1 saturated heterocycles. The van der Waals surface area contributed by atoms with Crippen molar-refractivity contribution in [3.63, 3.8) is 0 Å². The number of nitrogens with one attached hydrogen (secondary N) is 3. The van der Waals surface area contributed by atoms with Gasteiger partial charge in [-0.15, -0.1) is 0 Å². The first-order valence-electron chi connectivity index (χ1n) is 10.1. The third kappa shape index (κ3) is 13.0. The molecular weight excluding hydrogens is 368 g/mol. The molecule has 1 aliphatic heterocycles. The molecule has 0 aromatic rings. The first-order valence-corrected chi connectivity index (χ1v) is 11.8. The summed E-state index contributed by atoms with van der Waals surface area (Å²) in [5.41, 5.74) is 0. The normalized spacial score (nSPS) is 18.7. The number of hydrogen-bond donors (Lipinski definition) is 3. The summed E-state index contributed by atoms with van der Waals surface area (Å²) in [6.07, 6.45) is 4.10. The summed E-state index contributed by atoms with van der Waals surface area (Å²) < 4.78 is 38.0. The van der Waals surface area contributed by atoms with Crippen LogP contribution >= 0.6 is 0 Å². The highest BCUT2D eigenvalue weighted by Crippen LogP contribution is 2.11. The van der Waals surface area contributed by atoms with Gasteiger partial charge in [0.2, 0.25) is 10.0 Å². The summed E-state index contributed by atoms with van der Waals surface area (Å²) in [5.74, 6) is 1.23. The molecule has 0 amide bonds. The van der Waals surface area contributed by atoms with Crippen LogP contribution in [0, 0.1) is 5.92 Å². The van der Waals surface area contributed by atoms with E-state index in [1.807, 2.05) is 6.92 Å². The Morgan fingerprint density at radius 2 is 2.07 bits per heavy atom. The van der Waals surface area contributed by atoms with Crippen molar-refractivity contribution in [2.45, 2.75) is 52.6 Å². The van der Waals surface area contributed by atoms with Crippen molar-refractivity contribution in [2.75, 3.05) is 51.8 Å². The van der Waals surface area contributed by atoms with Gasteiger partial charge < -0.3 is 20.1 Å². The quantitative estimate of drug-likeness (QED) is 0.240. The zero-order chi connectivity index (χ0) is 20.0. The van der Waals surface area contributed by atoms with E-state index in [0.29, 0.717) is 44.7 Å². The Balaban J connectivity index is 2.24. The second kappa shape index (κ2) is 14.1. The van der Waals surface area contributed by atoms with Crippen LogP contribution in [0.1, 0.15) is 46.5 Å². The van der Waals surface area contributed by atoms with E-state index >= 15 is 0 Å². The van der Waals surface area contributed by atoms with Crippen LogP contribution < -0.4 is 15.4 Å². The number of guanidine groups is 1. The first-order chi connectivity index (χ1) is 12.9. The van der Waals surface area contributed by atoms with Gasteiger partial charge >= 0.3 is 0 Å². The Hall–Kier alpha value is -0.900. The molecule has 1 unspecified atom stereocenters. The Labute approximate surface area is 164 Å². The van der Waals surface area contributed by atoms with Crippen LogP contribution in [-0.2, 0) is 19.5 Å². The van der Waals surface area contributed by atoms with Gasteiger partial charge in [0.1, 0.15) is 0 Å². The van der Waals surface area contributed by atoms with Crippen LogP contribution in [0.3, 0.4) is 0 Å². The summed E-state index contributed by atoms with van der Waals surface area (Å²) in [5, 5.41) is 6.17. The van der Waals surface area contributed by atoms with Crippen molar-refractivity contribution in [3.8, 4) is 0 Å². The van der Waals surface area contributed by atoms with Gasteiger partial charge in [0.25, 0.3) is 0 Å². The van der Waals surface area contributed by atoms with Crippen LogP contribution in [0.4, 0.5) is 0 Å². The van der Waals surface area contributed by atoms with Crippen molar-refractivity contribution >= 4 is 16.0 Å². The SMILES string of the molecule is CCNC(=NCCOCCC(C)C)NCCS(=O)(=O)NCC1CCCCO1. The maximum absolute atomic E-state index is 12.1. The Kier molecular flexibility index (Phi) is 12.6. The average molecular weight is 407 g/mol. The summed E-state index contributed by atoms with van der Waals surface area (Å²) >= 11 is 0. The number of sulfonamides is 1. The van der Waals surface area contributed by atoms with Crippen LogP contribution in [0.2, 0.25) is 0 Å². The molecule has 27 heavy (non-hydrogen) atoms. The smallest absolute Gasteiger partial charge is 0.213 e. The number of nitrogens with zero attached hydrogens (tertiary/aromatic N) is 1. The molecule has 3 N–H and O–H groups in total. The number of aliphatic imine (C=N–C) groups is 1. The fraction of sp³-hybridized carbons (Fsp3) is 0.944. The number of hydrogen-bond acceptors (Lipinski definition) is 5. The zero-order valence-corrected chi connectivity index (χ0v) is 17.9. The summed E-state index contributed by atoms with van der Waals surface area (Å²) in [7, 11) is -3.33. The highest BCUT2D eigenvalue weighted by atomic mass is 32.2. The van der Waals surface area contributed by atoms with E-state index in [9.17, 15) is 8.42 Å². The molecule has 0 aromatic carbocycles. The minimum atomic E-state index is -3.33. The summed E-state index contributed by atoms with van der Waals surface area (Å²) in [6, 6.07) is 0. The maximum atomic E-state index is 12.1. The molecule has 1 rings (SSSR count). The highest BCUT2D eigenvalue weighted by Gasteiger charge is 2.17. The topological polar surface area (TPSA) is 101 Å². The molecular formula is C18H38N4O4S. The molecule has 1 fully saturated rings. The fourth-order valence-electron chi connectivity index (χ4n) is 2.55. The second-order valence-corrected chi connectivity index (χ2v) is 9.06. The molecule has 0 radical (unpaired) electrons. The van der Waals surface area contributed by atoms with Crippen LogP contribution in [-0.4, -0.2) is 72.2 Å². The predicted octanol–water partition coefficient (Wildman–Crippen LogP) is 1.09. The Bertz CT molecular complexity index is 505. The first kappa shape index (κ1) is 24.1. The van der Waals surface area contributed by atoms with Crippen LogP contribution in [0.25, 0.3) is 0 Å². The van der Waals surface area contributed by atoms with E-state index in [2.05, 4.69) is 34.2 Å². The molecule has 0 aromatic heterocycles. The van der Waals surface area contributed by atoms with E-state index in [1.54, 1.807) is 0 Å². The average Bonchev–Trinajstić information content (AvgIpc) is 2.63. The van der Waals surface area contributed by atoms with Gasteiger partial charge in [0.05, 0.1) is 25.0 Å². The number of ether oxygens (including phenoxy) is 2. The molecule has 1 aliphatic rings. The predicted molar refractivity (Wildman–Crippen MR) is 110 cm³/mol. The molecule has 0 spiro atoms. The van der Waals surface area contributed by atoms with Crippen molar-refractivity contribution < 1.29 is 17.9 Å². The highest BCUT2D eigenvalue weighted by molar-refractivity contribution is 7.89. The molecule has 0 bridgehead atoms. The van der Waals surface area contributed by atoms with Crippen molar-refractivity contribution in [3.05, 3.63) is 0 Å². The number of rotatable bonds is 13. The monoisotopic (exact) mass is 406 g/mol. The van der Waals surface area contributed by atoms with E-state index in [-0.39, 0.29) is 11.9 Å². The minimum absolute atomic E-state index is 0.00365. The molecule has 1 heterocycles. The van der Waals surface area contributed by atoms with Crippen LogP contribution in [0.5, 0.6) is 0 Å². The van der Waals surface area contributed by atoms with E-state index in [4.69, 9.17) is 9.47 Å². The Morgan fingerprint density at radius 3 is 2.74 bits per heavy atom. The largest absolute Gasteiger partial charge is 0.380 e. The summed E-state index contributed by atoms with van der Waals surface area (Å²) in [4.78, 5) is 4.40. The van der Waals surface area contributed by atoms with Gasteiger partial charge in [-0.25, -0.2) is 13.1 Å². The third-order valence-corrected chi connectivity index (χ3v) is 5.51. The molecule has 0 saturated carbocycles. The van der Waals surface area contributed by atoms with E-state index in [1.165, 1.54) is 0 Å². The summed E-state index contributed by atoms with van der Waals surface area (Å²) in [6.45, 7) is 10.2. The zero-order valence-electron chi connectivity index (χ0n) is 17.1. The van der Waals surface area contributed by atoms with E-state index in [0.717, 1.165) is 38.9 Å². The van der Waals surface area contributed by atoms with Gasteiger partial charge in [-0.1, -0.05) is 13.8 Å².